The lowest BCUT2D eigenvalue weighted by atomic mass is 9.95. The molecule has 0 bridgehead atoms. The number of aromatic hydroxyl groups is 1. The van der Waals surface area contributed by atoms with Crippen LogP contribution in [0.1, 0.15) is 38.7 Å². The molecular weight excluding hydrogens is 355 g/mol. The summed E-state index contributed by atoms with van der Waals surface area (Å²) >= 11 is 0. The molecule has 3 aromatic carbocycles. The van der Waals surface area contributed by atoms with Crippen molar-refractivity contribution < 1.29 is 14.3 Å². The van der Waals surface area contributed by atoms with Crippen molar-refractivity contribution in [3.63, 3.8) is 0 Å². The molecule has 1 heterocycles. The van der Waals surface area contributed by atoms with E-state index in [0.29, 0.717) is 23.1 Å². The highest BCUT2D eigenvalue weighted by Gasteiger charge is 2.36. The van der Waals surface area contributed by atoms with Gasteiger partial charge in [0.15, 0.2) is 11.6 Å². The zero-order chi connectivity index (χ0) is 19.7. The van der Waals surface area contributed by atoms with E-state index in [1.54, 1.807) is 23.1 Å². The van der Waals surface area contributed by atoms with Crippen molar-refractivity contribution in [1.82, 2.24) is 4.90 Å². The Morgan fingerprint density at radius 2 is 1.82 bits per heavy atom. The molecule has 1 N–H and O–H groups in total. The van der Waals surface area contributed by atoms with E-state index >= 15 is 0 Å². The molecule has 0 saturated carbocycles. The highest BCUT2D eigenvalue weighted by atomic mass is 19.1. The molecule has 5 heteroatoms. The van der Waals surface area contributed by atoms with Crippen molar-refractivity contribution >= 4 is 5.91 Å². The highest BCUT2D eigenvalue weighted by Crippen LogP contribution is 2.37. The van der Waals surface area contributed by atoms with Crippen LogP contribution in [-0.4, -0.2) is 15.9 Å². The van der Waals surface area contributed by atoms with Crippen LogP contribution in [0.25, 0.3) is 0 Å². The van der Waals surface area contributed by atoms with Crippen LogP contribution in [0.2, 0.25) is 0 Å². The number of amides is 1. The summed E-state index contributed by atoms with van der Waals surface area (Å²) in [6.45, 7) is 0.212. The first-order valence-corrected chi connectivity index (χ1v) is 8.94. The molecule has 0 aliphatic carbocycles. The average molecular weight is 372 g/mol. The van der Waals surface area contributed by atoms with Crippen molar-refractivity contribution in [1.29, 1.82) is 5.26 Å². The van der Waals surface area contributed by atoms with Gasteiger partial charge in [-0.3, -0.25) is 4.79 Å². The Morgan fingerprint density at radius 1 is 1.07 bits per heavy atom. The van der Waals surface area contributed by atoms with Gasteiger partial charge < -0.3 is 10.0 Å². The second-order valence-electron chi connectivity index (χ2n) is 6.79. The summed E-state index contributed by atoms with van der Waals surface area (Å²) in [6.07, 6.45) is 0.493. The quantitative estimate of drug-likeness (QED) is 0.741. The molecule has 0 radical (unpaired) electrons. The first kappa shape index (κ1) is 17.7. The maximum atomic E-state index is 13.8. The number of nitrogens with zero attached hydrogens (tertiary/aromatic N) is 2. The van der Waals surface area contributed by atoms with Crippen LogP contribution in [0.3, 0.4) is 0 Å². The zero-order valence-electron chi connectivity index (χ0n) is 15.0. The molecule has 0 fully saturated rings. The fraction of sp³-hybridized carbons (Fsp3) is 0.130. The lowest BCUT2D eigenvalue weighted by Gasteiger charge is -2.26. The maximum absolute atomic E-state index is 13.8. The molecule has 0 spiro atoms. The van der Waals surface area contributed by atoms with Gasteiger partial charge in [-0.2, -0.15) is 5.26 Å². The Balaban J connectivity index is 1.72. The van der Waals surface area contributed by atoms with Gasteiger partial charge in [-0.15, -0.1) is 0 Å². The van der Waals surface area contributed by atoms with Gasteiger partial charge in [0.25, 0.3) is 5.91 Å². The van der Waals surface area contributed by atoms with Gasteiger partial charge in [-0.1, -0.05) is 42.5 Å². The fourth-order valence-electron chi connectivity index (χ4n) is 3.71. The van der Waals surface area contributed by atoms with E-state index in [0.717, 1.165) is 11.1 Å². The minimum absolute atomic E-state index is 0.122. The van der Waals surface area contributed by atoms with Crippen molar-refractivity contribution in [2.24, 2.45) is 0 Å². The van der Waals surface area contributed by atoms with Crippen LogP contribution in [0.5, 0.6) is 5.75 Å². The van der Waals surface area contributed by atoms with Crippen molar-refractivity contribution in [3.05, 3.63) is 100 Å². The molecule has 1 atom stereocenters. The number of carbonyl (C=O) groups is 1. The molecule has 1 aliphatic heterocycles. The number of carbonyl (C=O) groups excluding carboxylic acids is 1. The third-order valence-electron chi connectivity index (χ3n) is 5.10. The number of rotatable bonds is 4. The number of hydrogen-bond donors (Lipinski definition) is 1. The fourth-order valence-corrected chi connectivity index (χ4v) is 3.71. The Hall–Kier alpha value is -3.65. The summed E-state index contributed by atoms with van der Waals surface area (Å²) in [4.78, 5) is 14.7. The first-order valence-electron chi connectivity index (χ1n) is 8.94. The smallest absolute Gasteiger partial charge is 0.255 e. The lowest BCUT2D eigenvalue weighted by Crippen LogP contribution is -2.29. The largest absolute Gasteiger partial charge is 0.505 e. The van der Waals surface area contributed by atoms with Crippen LogP contribution in [0, 0.1) is 17.1 Å². The Morgan fingerprint density at radius 3 is 2.61 bits per heavy atom. The molecule has 1 amide bonds. The number of nitriles is 1. The number of phenolic OH excluding ortho intramolecular Hbond substituents is 1. The molecule has 0 aromatic heterocycles. The molecule has 4 rings (SSSR count). The molecule has 28 heavy (non-hydrogen) atoms. The van der Waals surface area contributed by atoms with Gasteiger partial charge in [0, 0.05) is 12.1 Å². The molecular formula is C23H17FN2O2. The standard InChI is InChI=1S/C23H17FN2O2/c24-20-11-15(9-10-22(20)27)14-26-21(12-16-5-1-2-6-17(16)13-25)18-7-3-4-8-19(18)23(26)28/h1-11,21,27H,12,14H2. The van der Waals surface area contributed by atoms with Gasteiger partial charge >= 0.3 is 0 Å². The lowest BCUT2D eigenvalue weighted by molar-refractivity contribution is 0.0709. The second kappa shape index (κ2) is 7.16. The summed E-state index contributed by atoms with van der Waals surface area (Å²) in [5.41, 5.74) is 3.56. The second-order valence-corrected chi connectivity index (χ2v) is 6.79. The summed E-state index contributed by atoms with van der Waals surface area (Å²) in [7, 11) is 0. The summed E-state index contributed by atoms with van der Waals surface area (Å²) in [5.74, 6) is -1.25. The van der Waals surface area contributed by atoms with E-state index in [-0.39, 0.29) is 18.5 Å². The molecule has 0 saturated heterocycles. The van der Waals surface area contributed by atoms with Crippen LogP contribution >= 0.6 is 0 Å². The number of hydrogen-bond acceptors (Lipinski definition) is 3. The topological polar surface area (TPSA) is 64.3 Å². The number of benzene rings is 3. The Kier molecular flexibility index (Phi) is 4.54. The predicted octanol–water partition coefficient (Wildman–Crippen LogP) is 4.34. The van der Waals surface area contributed by atoms with Crippen LogP contribution in [0.4, 0.5) is 4.39 Å². The maximum Gasteiger partial charge on any atom is 0.255 e. The van der Waals surface area contributed by atoms with Crippen LogP contribution in [0.15, 0.2) is 66.7 Å². The van der Waals surface area contributed by atoms with E-state index in [2.05, 4.69) is 6.07 Å². The van der Waals surface area contributed by atoms with Crippen molar-refractivity contribution in [3.8, 4) is 11.8 Å². The predicted molar refractivity (Wildman–Crippen MR) is 102 cm³/mol. The zero-order valence-corrected chi connectivity index (χ0v) is 15.0. The summed E-state index contributed by atoms with van der Waals surface area (Å²) < 4.78 is 13.8. The first-order chi connectivity index (χ1) is 13.6. The van der Waals surface area contributed by atoms with Crippen molar-refractivity contribution in [2.75, 3.05) is 0 Å². The Labute approximate surface area is 162 Å². The molecule has 1 aliphatic rings. The van der Waals surface area contributed by atoms with Gasteiger partial charge in [0.05, 0.1) is 17.7 Å². The van der Waals surface area contributed by atoms with Crippen molar-refractivity contribution in [2.45, 2.75) is 19.0 Å². The van der Waals surface area contributed by atoms with Crippen LogP contribution in [-0.2, 0) is 13.0 Å². The normalized spacial score (nSPS) is 15.4. The average Bonchev–Trinajstić information content (AvgIpc) is 2.97. The molecule has 4 nitrogen and oxygen atoms in total. The molecule has 3 aromatic rings. The van der Waals surface area contributed by atoms with E-state index < -0.39 is 11.6 Å². The van der Waals surface area contributed by atoms with E-state index in [4.69, 9.17) is 0 Å². The minimum atomic E-state index is -0.715. The van der Waals surface area contributed by atoms with E-state index in [1.165, 1.54) is 12.1 Å². The third kappa shape index (κ3) is 3.10. The number of fused-ring (bicyclic) bond motifs is 1. The third-order valence-corrected chi connectivity index (χ3v) is 5.10. The van der Waals surface area contributed by atoms with Gasteiger partial charge in [-0.05, 0) is 47.4 Å². The van der Waals surface area contributed by atoms with E-state index in [9.17, 15) is 19.6 Å². The SMILES string of the molecule is N#Cc1ccccc1CC1c2ccccc2C(=O)N1Cc1ccc(O)c(F)c1. The van der Waals surface area contributed by atoms with Gasteiger partial charge in [-0.25, -0.2) is 4.39 Å². The van der Waals surface area contributed by atoms with Gasteiger partial charge in [0.1, 0.15) is 0 Å². The molecule has 1 unspecified atom stereocenters. The number of halogens is 1. The highest BCUT2D eigenvalue weighted by molar-refractivity contribution is 5.99. The Bertz CT molecular complexity index is 1100. The summed E-state index contributed by atoms with van der Waals surface area (Å²) in [6, 6.07) is 20.8. The monoisotopic (exact) mass is 372 g/mol. The summed E-state index contributed by atoms with van der Waals surface area (Å²) in [5, 5.41) is 18.8. The molecule has 138 valence electrons. The van der Waals surface area contributed by atoms with Crippen LogP contribution < -0.4 is 0 Å². The van der Waals surface area contributed by atoms with E-state index in [1.807, 2.05) is 36.4 Å². The number of phenols is 1. The van der Waals surface area contributed by atoms with Gasteiger partial charge in [0.2, 0.25) is 0 Å². The minimum Gasteiger partial charge on any atom is -0.505 e.